The standard InChI is InChI=1S/C15H22N4O2/c1-10-9-12(16)3-4-13(10)18-14(20)5-7-19-8-6-17-15(21)11(19)2/h3-4,9,11H,5-8,16H2,1-2H3,(H,17,21)(H,18,20). The Morgan fingerprint density at radius 3 is 3.00 bits per heavy atom. The van der Waals surface area contributed by atoms with Gasteiger partial charge in [-0.15, -0.1) is 0 Å². The van der Waals surface area contributed by atoms with Crippen molar-refractivity contribution in [3.05, 3.63) is 23.8 Å². The number of hydrogen-bond acceptors (Lipinski definition) is 4. The Morgan fingerprint density at radius 1 is 1.52 bits per heavy atom. The highest BCUT2D eigenvalue weighted by Gasteiger charge is 2.25. The van der Waals surface area contributed by atoms with Gasteiger partial charge in [-0.3, -0.25) is 14.5 Å². The summed E-state index contributed by atoms with van der Waals surface area (Å²) in [6.45, 7) is 5.76. The minimum absolute atomic E-state index is 0.0241. The number of carbonyl (C=O) groups excluding carboxylic acids is 2. The average Bonchev–Trinajstić information content (AvgIpc) is 2.43. The molecule has 1 atom stereocenters. The van der Waals surface area contributed by atoms with E-state index in [1.165, 1.54) is 0 Å². The van der Waals surface area contributed by atoms with Crippen molar-refractivity contribution in [3.63, 3.8) is 0 Å². The topological polar surface area (TPSA) is 87.5 Å². The summed E-state index contributed by atoms with van der Waals surface area (Å²) < 4.78 is 0. The molecule has 0 bridgehead atoms. The summed E-state index contributed by atoms with van der Waals surface area (Å²) in [5, 5.41) is 5.69. The molecule has 0 radical (unpaired) electrons. The maximum Gasteiger partial charge on any atom is 0.237 e. The lowest BCUT2D eigenvalue weighted by Gasteiger charge is -2.32. The van der Waals surface area contributed by atoms with E-state index in [0.29, 0.717) is 25.2 Å². The maximum atomic E-state index is 12.0. The number of nitrogen functional groups attached to an aromatic ring is 1. The smallest absolute Gasteiger partial charge is 0.237 e. The van der Waals surface area contributed by atoms with Gasteiger partial charge >= 0.3 is 0 Å². The van der Waals surface area contributed by atoms with Crippen LogP contribution in [-0.2, 0) is 9.59 Å². The highest BCUT2D eigenvalue weighted by atomic mass is 16.2. The van der Waals surface area contributed by atoms with E-state index in [9.17, 15) is 9.59 Å². The molecule has 1 aromatic carbocycles. The van der Waals surface area contributed by atoms with Crippen molar-refractivity contribution in [2.45, 2.75) is 26.3 Å². The summed E-state index contributed by atoms with van der Waals surface area (Å²) in [7, 11) is 0. The molecule has 1 unspecified atom stereocenters. The third kappa shape index (κ3) is 3.95. The zero-order valence-electron chi connectivity index (χ0n) is 12.5. The molecule has 0 saturated carbocycles. The Hall–Kier alpha value is -2.08. The molecule has 0 spiro atoms. The van der Waals surface area contributed by atoms with Crippen molar-refractivity contribution >= 4 is 23.2 Å². The lowest BCUT2D eigenvalue weighted by Crippen LogP contribution is -2.54. The van der Waals surface area contributed by atoms with Gasteiger partial charge in [-0.05, 0) is 37.6 Å². The van der Waals surface area contributed by atoms with E-state index in [2.05, 4.69) is 10.6 Å². The number of nitrogens with zero attached hydrogens (tertiary/aromatic N) is 1. The van der Waals surface area contributed by atoms with E-state index in [1.807, 2.05) is 24.8 Å². The van der Waals surface area contributed by atoms with E-state index in [0.717, 1.165) is 17.8 Å². The Morgan fingerprint density at radius 2 is 2.29 bits per heavy atom. The summed E-state index contributed by atoms with van der Waals surface area (Å²) in [6, 6.07) is 5.22. The van der Waals surface area contributed by atoms with E-state index in [-0.39, 0.29) is 17.9 Å². The number of nitrogens with one attached hydrogen (secondary N) is 2. The molecule has 1 fully saturated rings. The van der Waals surface area contributed by atoms with Crippen LogP contribution in [0.3, 0.4) is 0 Å². The second-order valence-corrected chi connectivity index (χ2v) is 5.38. The number of benzene rings is 1. The Kier molecular flexibility index (Phi) is 4.80. The highest BCUT2D eigenvalue weighted by Crippen LogP contribution is 2.17. The molecule has 6 nitrogen and oxygen atoms in total. The largest absolute Gasteiger partial charge is 0.399 e. The first-order chi connectivity index (χ1) is 9.97. The Bertz CT molecular complexity index is 544. The molecule has 2 amide bonds. The SMILES string of the molecule is Cc1cc(N)ccc1NC(=O)CCN1CCNC(=O)C1C. The third-order valence-electron chi connectivity index (χ3n) is 3.78. The normalized spacial score (nSPS) is 19.1. The van der Waals surface area contributed by atoms with Crippen LogP contribution in [0.5, 0.6) is 0 Å². The van der Waals surface area contributed by atoms with Gasteiger partial charge in [0, 0.05) is 37.4 Å². The first-order valence-corrected chi connectivity index (χ1v) is 7.15. The van der Waals surface area contributed by atoms with Crippen LogP contribution in [0, 0.1) is 6.92 Å². The van der Waals surface area contributed by atoms with Gasteiger partial charge in [-0.1, -0.05) is 0 Å². The number of carbonyl (C=O) groups is 2. The molecule has 1 aromatic rings. The van der Waals surface area contributed by atoms with Crippen LogP contribution in [0.2, 0.25) is 0 Å². The highest BCUT2D eigenvalue weighted by molar-refractivity contribution is 5.92. The van der Waals surface area contributed by atoms with Crippen LogP contribution in [0.4, 0.5) is 11.4 Å². The summed E-state index contributed by atoms with van der Waals surface area (Å²) in [5.74, 6) is -0.0305. The van der Waals surface area contributed by atoms with Crippen LogP contribution in [-0.4, -0.2) is 42.4 Å². The molecule has 21 heavy (non-hydrogen) atoms. The molecule has 1 saturated heterocycles. The lowest BCUT2D eigenvalue weighted by atomic mass is 10.1. The Balaban J connectivity index is 1.86. The van der Waals surface area contributed by atoms with Crippen molar-refractivity contribution in [2.24, 2.45) is 0 Å². The van der Waals surface area contributed by atoms with E-state index >= 15 is 0 Å². The van der Waals surface area contributed by atoms with Gasteiger partial charge in [0.25, 0.3) is 0 Å². The molecule has 2 rings (SSSR count). The zero-order valence-corrected chi connectivity index (χ0v) is 12.5. The molecule has 1 aliphatic rings. The first-order valence-electron chi connectivity index (χ1n) is 7.15. The number of nitrogens with two attached hydrogens (primary N) is 1. The van der Waals surface area contributed by atoms with Gasteiger partial charge in [0.2, 0.25) is 11.8 Å². The fraction of sp³-hybridized carbons (Fsp3) is 0.467. The average molecular weight is 290 g/mol. The van der Waals surface area contributed by atoms with Crippen molar-refractivity contribution in [3.8, 4) is 0 Å². The molecule has 1 aliphatic heterocycles. The first kappa shape index (κ1) is 15.3. The van der Waals surface area contributed by atoms with Gasteiger partial charge in [-0.25, -0.2) is 0 Å². The molecule has 4 N–H and O–H groups in total. The number of rotatable bonds is 4. The number of hydrogen-bond donors (Lipinski definition) is 3. The minimum Gasteiger partial charge on any atom is -0.399 e. The van der Waals surface area contributed by atoms with Crippen LogP contribution in [0.1, 0.15) is 18.9 Å². The van der Waals surface area contributed by atoms with Crippen LogP contribution in [0.15, 0.2) is 18.2 Å². The van der Waals surface area contributed by atoms with Crippen molar-refractivity contribution in [1.82, 2.24) is 10.2 Å². The molecular formula is C15H22N4O2. The predicted molar refractivity (Wildman–Crippen MR) is 82.9 cm³/mol. The summed E-state index contributed by atoms with van der Waals surface area (Å²) in [6.07, 6.45) is 0.363. The van der Waals surface area contributed by atoms with Crippen molar-refractivity contribution in [1.29, 1.82) is 0 Å². The second-order valence-electron chi connectivity index (χ2n) is 5.38. The number of amides is 2. The maximum absolute atomic E-state index is 12.0. The van der Waals surface area contributed by atoms with Gasteiger partial charge in [-0.2, -0.15) is 0 Å². The van der Waals surface area contributed by atoms with E-state index in [4.69, 9.17) is 5.73 Å². The van der Waals surface area contributed by atoms with Gasteiger partial charge in [0.05, 0.1) is 6.04 Å². The van der Waals surface area contributed by atoms with E-state index in [1.54, 1.807) is 12.1 Å². The summed E-state index contributed by atoms with van der Waals surface area (Å²) in [5.41, 5.74) is 8.08. The second kappa shape index (κ2) is 6.58. The summed E-state index contributed by atoms with van der Waals surface area (Å²) >= 11 is 0. The number of aryl methyl sites for hydroxylation is 1. The van der Waals surface area contributed by atoms with Crippen LogP contribution < -0.4 is 16.4 Å². The third-order valence-corrected chi connectivity index (χ3v) is 3.78. The van der Waals surface area contributed by atoms with Crippen molar-refractivity contribution in [2.75, 3.05) is 30.7 Å². The fourth-order valence-corrected chi connectivity index (χ4v) is 2.42. The molecular weight excluding hydrogens is 268 g/mol. The van der Waals surface area contributed by atoms with Gasteiger partial charge in [0.15, 0.2) is 0 Å². The molecule has 1 heterocycles. The van der Waals surface area contributed by atoms with E-state index < -0.39 is 0 Å². The molecule has 0 aliphatic carbocycles. The molecule has 0 aromatic heterocycles. The zero-order chi connectivity index (χ0) is 15.4. The van der Waals surface area contributed by atoms with Crippen LogP contribution in [0.25, 0.3) is 0 Å². The number of piperazine rings is 1. The van der Waals surface area contributed by atoms with Gasteiger partial charge in [0.1, 0.15) is 0 Å². The van der Waals surface area contributed by atoms with Crippen LogP contribution >= 0.6 is 0 Å². The molecule has 6 heteroatoms. The summed E-state index contributed by atoms with van der Waals surface area (Å²) in [4.78, 5) is 25.6. The number of anilines is 2. The molecule has 114 valence electrons. The van der Waals surface area contributed by atoms with Crippen molar-refractivity contribution < 1.29 is 9.59 Å². The van der Waals surface area contributed by atoms with Gasteiger partial charge < -0.3 is 16.4 Å². The fourth-order valence-electron chi connectivity index (χ4n) is 2.42. The minimum atomic E-state index is -0.176. The lowest BCUT2D eigenvalue weighted by molar-refractivity contribution is -0.129. The monoisotopic (exact) mass is 290 g/mol. The predicted octanol–water partition coefficient (Wildman–Crippen LogP) is 0.726. The Labute approximate surface area is 124 Å². The quantitative estimate of drug-likeness (QED) is 0.713.